The number of halogens is 1. The molecule has 0 bridgehead atoms. The molecule has 0 aliphatic heterocycles. The number of Topliss-reactive ketones (excluding diaryl/α,β-unsaturated/α-hetero) is 1. The Morgan fingerprint density at radius 3 is 2.67 bits per heavy atom. The van der Waals surface area contributed by atoms with Crippen LogP contribution in [0, 0.1) is 12.8 Å². The fourth-order valence-electron chi connectivity index (χ4n) is 3.78. The number of carbonyl (C=O) groups is 1. The predicted molar refractivity (Wildman–Crippen MR) is 109 cm³/mol. The van der Waals surface area contributed by atoms with Gasteiger partial charge in [-0.15, -0.1) is 10.2 Å². The third-order valence-corrected chi connectivity index (χ3v) is 5.77. The number of nitrogens with zero attached hydrogens (tertiary/aromatic N) is 3. The molecule has 27 heavy (non-hydrogen) atoms. The van der Waals surface area contributed by atoms with Crippen LogP contribution in [0.4, 0.5) is 0 Å². The molecule has 146 valence electrons. The van der Waals surface area contributed by atoms with Gasteiger partial charge in [-0.25, -0.2) is 0 Å². The Morgan fingerprint density at radius 1 is 1.26 bits per heavy atom. The van der Waals surface area contributed by atoms with Gasteiger partial charge in [0.05, 0.1) is 0 Å². The highest BCUT2D eigenvalue weighted by Gasteiger charge is 2.31. The predicted octanol–water partition coefficient (Wildman–Crippen LogP) is 5.47. The maximum absolute atomic E-state index is 12.5. The number of benzene rings is 1. The van der Waals surface area contributed by atoms with Crippen molar-refractivity contribution in [2.24, 2.45) is 5.92 Å². The number of hydrogen-bond donors (Lipinski definition) is 0. The molecule has 1 aromatic carbocycles. The standard InChI is InChI=1S/C22H30ClN3O/c1-14(2)12-15(3)22-25-24-21(26(22)18-8-9-18)11-10-19(27)13-17-6-5-7-20(23)16(17)4/h5-7,14-15,18H,8-13H2,1-4H3. The minimum atomic E-state index is 0.225. The Balaban J connectivity index is 1.66. The summed E-state index contributed by atoms with van der Waals surface area (Å²) >= 11 is 6.17. The normalized spacial score (nSPS) is 15.3. The van der Waals surface area contributed by atoms with Gasteiger partial charge in [-0.1, -0.05) is 44.5 Å². The lowest BCUT2D eigenvalue weighted by atomic mass is 9.98. The van der Waals surface area contributed by atoms with Crippen molar-refractivity contribution in [3.63, 3.8) is 0 Å². The lowest BCUT2D eigenvalue weighted by molar-refractivity contribution is -0.118. The lowest BCUT2D eigenvalue weighted by Gasteiger charge is -2.16. The first kappa shape index (κ1) is 20.1. The Bertz CT molecular complexity index is 808. The molecular formula is C22H30ClN3O. The van der Waals surface area contributed by atoms with Crippen LogP contribution in [0.3, 0.4) is 0 Å². The summed E-state index contributed by atoms with van der Waals surface area (Å²) in [5.41, 5.74) is 2.01. The van der Waals surface area contributed by atoms with Gasteiger partial charge in [0, 0.05) is 36.2 Å². The number of aryl methyl sites for hydroxylation is 1. The first-order chi connectivity index (χ1) is 12.9. The maximum atomic E-state index is 12.5. The van der Waals surface area contributed by atoms with Crippen LogP contribution in [0.25, 0.3) is 0 Å². The van der Waals surface area contributed by atoms with Gasteiger partial charge < -0.3 is 4.57 Å². The Labute approximate surface area is 167 Å². The van der Waals surface area contributed by atoms with E-state index in [-0.39, 0.29) is 5.78 Å². The second-order valence-electron chi connectivity index (χ2n) is 8.35. The molecule has 0 N–H and O–H groups in total. The van der Waals surface area contributed by atoms with Crippen molar-refractivity contribution in [1.82, 2.24) is 14.8 Å². The molecule has 1 aromatic heterocycles. The van der Waals surface area contributed by atoms with E-state index in [0.717, 1.165) is 34.2 Å². The molecule has 1 saturated carbocycles. The lowest BCUT2D eigenvalue weighted by Crippen LogP contribution is -2.12. The van der Waals surface area contributed by atoms with Crippen LogP contribution in [0.2, 0.25) is 5.02 Å². The zero-order valence-corrected chi connectivity index (χ0v) is 17.6. The van der Waals surface area contributed by atoms with Crippen LogP contribution in [0.15, 0.2) is 18.2 Å². The van der Waals surface area contributed by atoms with Crippen molar-refractivity contribution >= 4 is 17.4 Å². The van der Waals surface area contributed by atoms with Crippen LogP contribution >= 0.6 is 11.6 Å². The Kier molecular flexibility index (Phi) is 6.36. The molecule has 1 fully saturated rings. The van der Waals surface area contributed by atoms with E-state index < -0.39 is 0 Å². The minimum Gasteiger partial charge on any atom is -0.312 e. The van der Waals surface area contributed by atoms with Crippen LogP contribution in [-0.4, -0.2) is 20.5 Å². The molecule has 1 heterocycles. The van der Waals surface area contributed by atoms with Gasteiger partial charge in [-0.3, -0.25) is 4.79 Å². The smallest absolute Gasteiger partial charge is 0.137 e. The maximum Gasteiger partial charge on any atom is 0.137 e. The third kappa shape index (κ3) is 4.98. The molecule has 2 aromatic rings. The molecule has 3 rings (SSSR count). The highest BCUT2D eigenvalue weighted by atomic mass is 35.5. The van der Waals surface area contributed by atoms with Crippen LogP contribution in [0.1, 0.15) is 81.2 Å². The van der Waals surface area contributed by atoms with E-state index in [9.17, 15) is 4.79 Å². The van der Waals surface area contributed by atoms with Crippen molar-refractivity contribution in [3.8, 4) is 0 Å². The van der Waals surface area contributed by atoms with Crippen LogP contribution in [-0.2, 0) is 17.6 Å². The molecule has 1 aliphatic carbocycles. The molecule has 0 saturated heterocycles. The topological polar surface area (TPSA) is 47.8 Å². The van der Waals surface area contributed by atoms with Gasteiger partial charge in [-0.2, -0.15) is 0 Å². The highest BCUT2D eigenvalue weighted by molar-refractivity contribution is 6.31. The minimum absolute atomic E-state index is 0.225. The second-order valence-corrected chi connectivity index (χ2v) is 8.75. The fourth-order valence-corrected chi connectivity index (χ4v) is 3.98. The summed E-state index contributed by atoms with van der Waals surface area (Å²) in [5.74, 6) is 3.33. The highest BCUT2D eigenvalue weighted by Crippen LogP contribution is 2.39. The summed E-state index contributed by atoms with van der Waals surface area (Å²) in [4.78, 5) is 12.5. The van der Waals surface area contributed by atoms with Crippen molar-refractivity contribution in [1.29, 1.82) is 0 Å². The van der Waals surface area contributed by atoms with E-state index in [1.165, 1.54) is 12.8 Å². The zero-order chi connectivity index (χ0) is 19.6. The summed E-state index contributed by atoms with van der Waals surface area (Å²) in [6.45, 7) is 8.69. The first-order valence-corrected chi connectivity index (χ1v) is 10.4. The van der Waals surface area contributed by atoms with Gasteiger partial charge in [0.25, 0.3) is 0 Å². The van der Waals surface area contributed by atoms with E-state index >= 15 is 0 Å². The van der Waals surface area contributed by atoms with Crippen LogP contribution < -0.4 is 0 Å². The monoisotopic (exact) mass is 387 g/mol. The number of carbonyl (C=O) groups excluding carboxylic acids is 1. The molecule has 1 atom stereocenters. The molecule has 0 radical (unpaired) electrons. The average Bonchev–Trinajstić information content (AvgIpc) is 3.35. The molecule has 5 heteroatoms. The summed E-state index contributed by atoms with van der Waals surface area (Å²) < 4.78 is 2.32. The molecule has 1 unspecified atom stereocenters. The van der Waals surface area contributed by atoms with Gasteiger partial charge in [0.1, 0.15) is 17.4 Å². The fraction of sp³-hybridized carbons (Fsp3) is 0.591. The number of hydrogen-bond acceptors (Lipinski definition) is 3. The Morgan fingerprint density at radius 2 is 2.00 bits per heavy atom. The van der Waals surface area contributed by atoms with E-state index in [0.29, 0.717) is 37.1 Å². The van der Waals surface area contributed by atoms with Gasteiger partial charge in [-0.05, 0) is 49.3 Å². The van der Waals surface area contributed by atoms with Crippen LogP contribution in [0.5, 0.6) is 0 Å². The van der Waals surface area contributed by atoms with Crippen molar-refractivity contribution in [2.45, 2.75) is 78.2 Å². The molecule has 0 spiro atoms. The van der Waals surface area contributed by atoms with E-state index in [1.807, 2.05) is 25.1 Å². The summed E-state index contributed by atoms with van der Waals surface area (Å²) in [5, 5.41) is 9.68. The molecule has 1 aliphatic rings. The first-order valence-electron chi connectivity index (χ1n) is 10.1. The quantitative estimate of drug-likeness (QED) is 0.573. The van der Waals surface area contributed by atoms with E-state index in [2.05, 4.69) is 35.5 Å². The molecule has 0 amide bonds. The average molecular weight is 388 g/mol. The number of rotatable bonds is 9. The number of aromatic nitrogens is 3. The summed E-state index contributed by atoms with van der Waals surface area (Å²) in [6.07, 6.45) is 5.09. The van der Waals surface area contributed by atoms with Crippen molar-refractivity contribution in [2.75, 3.05) is 0 Å². The van der Waals surface area contributed by atoms with E-state index in [4.69, 9.17) is 11.6 Å². The SMILES string of the molecule is Cc1c(Cl)cccc1CC(=O)CCc1nnc(C(C)CC(C)C)n1C1CC1. The Hall–Kier alpha value is -1.68. The van der Waals surface area contributed by atoms with E-state index in [1.54, 1.807) is 0 Å². The molecular weight excluding hydrogens is 358 g/mol. The second kappa shape index (κ2) is 8.55. The van der Waals surface area contributed by atoms with Gasteiger partial charge >= 0.3 is 0 Å². The summed E-state index contributed by atoms with van der Waals surface area (Å²) in [7, 11) is 0. The molecule has 4 nitrogen and oxygen atoms in total. The van der Waals surface area contributed by atoms with Crippen molar-refractivity contribution in [3.05, 3.63) is 46.0 Å². The largest absolute Gasteiger partial charge is 0.312 e. The number of ketones is 1. The third-order valence-electron chi connectivity index (χ3n) is 5.37. The van der Waals surface area contributed by atoms with Crippen molar-refractivity contribution < 1.29 is 4.79 Å². The zero-order valence-electron chi connectivity index (χ0n) is 16.8. The van der Waals surface area contributed by atoms with Gasteiger partial charge in [0.2, 0.25) is 0 Å². The van der Waals surface area contributed by atoms with Gasteiger partial charge in [0.15, 0.2) is 0 Å². The summed E-state index contributed by atoms with van der Waals surface area (Å²) in [6, 6.07) is 6.29.